The monoisotopic (exact) mass is 509 g/mol. The first-order chi connectivity index (χ1) is 17.4. The molecule has 0 spiro atoms. The lowest BCUT2D eigenvalue weighted by molar-refractivity contribution is -0.128. The summed E-state index contributed by atoms with van der Waals surface area (Å²) in [7, 11) is -4.07. The third-order valence-corrected chi connectivity index (χ3v) is 7.58. The first-order valence-electron chi connectivity index (χ1n) is 11.3. The second-order valence-electron chi connectivity index (χ2n) is 7.86. The van der Waals surface area contributed by atoms with Crippen LogP contribution in [0.5, 0.6) is 5.75 Å². The number of sulfone groups is 1. The van der Waals surface area contributed by atoms with Crippen molar-refractivity contribution < 1.29 is 28.0 Å². The lowest BCUT2D eigenvalue weighted by Crippen LogP contribution is -2.38. The smallest absolute Gasteiger partial charge is 0.262 e. The molecule has 3 aromatic rings. The molecule has 0 aliphatic heterocycles. The summed E-state index contributed by atoms with van der Waals surface area (Å²) in [5, 5.41) is 11.2. The van der Waals surface area contributed by atoms with Crippen LogP contribution in [-0.4, -0.2) is 48.8 Å². The normalized spacial score (nSPS) is 11.7. The summed E-state index contributed by atoms with van der Waals surface area (Å²) < 4.78 is 31.5. The van der Waals surface area contributed by atoms with Crippen molar-refractivity contribution in [2.75, 3.05) is 13.2 Å². The molecule has 1 atom stereocenters. The Morgan fingerprint density at radius 2 is 1.86 bits per heavy atom. The number of hydroxylamine groups is 1. The third-order valence-electron chi connectivity index (χ3n) is 5.45. The molecule has 0 aliphatic rings. The molecule has 0 saturated carbocycles. The second kappa shape index (κ2) is 12.7. The highest BCUT2D eigenvalue weighted by Crippen LogP contribution is 2.23. The maximum atomic E-state index is 13.1. The van der Waals surface area contributed by atoms with Gasteiger partial charge in [0.1, 0.15) is 17.6 Å². The van der Waals surface area contributed by atoms with E-state index in [0.29, 0.717) is 24.2 Å². The van der Waals surface area contributed by atoms with E-state index >= 15 is 0 Å². The minimum atomic E-state index is -4.07. The zero-order chi connectivity index (χ0) is 26.0. The van der Waals surface area contributed by atoms with Crippen LogP contribution < -0.4 is 15.5 Å². The fourth-order valence-corrected chi connectivity index (χ4v) is 5.19. The van der Waals surface area contributed by atoms with E-state index in [1.807, 2.05) is 24.3 Å². The Hall–Kier alpha value is -3.94. The Bertz CT molecular complexity index is 1380. The molecule has 1 unspecified atom stereocenters. The van der Waals surface area contributed by atoms with Gasteiger partial charge in [0.05, 0.1) is 16.0 Å². The first kappa shape index (κ1) is 26.7. The molecule has 0 saturated heterocycles. The largest absolute Gasteiger partial charge is 0.481 e. The van der Waals surface area contributed by atoms with Crippen molar-refractivity contribution in [1.29, 1.82) is 0 Å². The number of carbonyl (C=O) groups excluding carboxylic acids is 2. The zero-order valence-electron chi connectivity index (χ0n) is 19.7. The summed E-state index contributed by atoms with van der Waals surface area (Å²) in [4.78, 5) is 28.8. The number of nitrogens with one attached hydrogen (secondary N) is 2. The van der Waals surface area contributed by atoms with Crippen LogP contribution in [0.4, 0.5) is 0 Å². The molecule has 9 nitrogen and oxygen atoms in total. The van der Waals surface area contributed by atoms with Gasteiger partial charge in [0.25, 0.3) is 11.8 Å². The first-order valence-corrected chi connectivity index (χ1v) is 12.8. The zero-order valence-corrected chi connectivity index (χ0v) is 20.5. The quantitative estimate of drug-likeness (QED) is 0.157. The van der Waals surface area contributed by atoms with E-state index < -0.39 is 21.0 Å². The molecule has 0 fully saturated rings. The van der Waals surface area contributed by atoms with Gasteiger partial charge in [0.15, 0.2) is 9.84 Å². The number of hydrogen-bond acceptors (Lipinski definition) is 7. The molecule has 36 heavy (non-hydrogen) atoms. The van der Waals surface area contributed by atoms with Crippen molar-refractivity contribution in [1.82, 2.24) is 15.8 Å². The number of ether oxygens (including phenoxy) is 1. The Morgan fingerprint density at radius 1 is 1.11 bits per heavy atom. The summed E-state index contributed by atoms with van der Waals surface area (Å²) >= 11 is 0. The van der Waals surface area contributed by atoms with Crippen LogP contribution >= 0.6 is 0 Å². The highest BCUT2D eigenvalue weighted by molar-refractivity contribution is 7.92. The lowest BCUT2D eigenvalue weighted by Gasteiger charge is -2.16. The van der Waals surface area contributed by atoms with Crippen LogP contribution in [0.2, 0.25) is 0 Å². The summed E-state index contributed by atoms with van der Waals surface area (Å²) in [5.74, 6) is 4.56. The Labute approximate surface area is 209 Å². The maximum absolute atomic E-state index is 13.1. The SMILES string of the molecule is CC#CCOc1ccc(S(=O)(=O)C(CCCCNC(=O)c2cnc3ccccc3c2)C(=O)NO)cc1. The molecule has 1 heterocycles. The van der Waals surface area contributed by atoms with E-state index in [9.17, 15) is 18.0 Å². The van der Waals surface area contributed by atoms with Crippen molar-refractivity contribution in [2.45, 2.75) is 36.3 Å². The Kier molecular flexibility index (Phi) is 9.39. The predicted molar refractivity (Wildman–Crippen MR) is 134 cm³/mol. The molecule has 0 radical (unpaired) electrons. The molecule has 0 aliphatic carbocycles. The van der Waals surface area contributed by atoms with E-state index in [2.05, 4.69) is 22.1 Å². The number of amides is 2. The van der Waals surface area contributed by atoms with Gasteiger partial charge in [-0.1, -0.05) is 24.1 Å². The van der Waals surface area contributed by atoms with Gasteiger partial charge in [-0.25, -0.2) is 13.9 Å². The van der Waals surface area contributed by atoms with Crippen molar-refractivity contribution in [3.8, 4) is 17.6 Å². The maximum Gasteiger partial charge on any atom is 0.262 e. The molecule has 10 heteroatoms. The number of carbonyl (C=O) groups is 2. The van der Waals surface area contributed by atoms with E-state index in [1.54, 1.807) is 13.0 Å². The number of nitrogens with zero attached hydrogens (tertiary/aromatic N) is 1. The molecule has 3 N–H and O–H groups in total. The van der Waals surface area contributed by atoms with E-state index in [4.69, 9.17) is 9.94 Å². The van der Waals surface area contributed by atoms with Gasteiger partial charge in [-0.2, -0.15) is 0 Å². The van der Waals surface area contributed by atoms with Crippen LogP contribution in [0.1, 0.15) is 36.5 Å². The van der Waals surface area contributed by atoms with Gasteiger partial charge in [-0.05, 0) is 62.6 Å². The molecule has 0 bridgehead atoms. The van der Waals surface area contributed by atoms with Crippen LogP contribution in [0.25, 0.3) is 10.9 Å². The second-order valence-corrected chi connectivity index (χ2v) is 10.00. The van der Waals surface area contributed by atoms with Gasteiger partial charge in [0, 0.05) is 18.1 Å². The van der Waals surface area contributed by atoms with Crippen LogP contribution in [0.3, 0.4) is 0 Å². The van der Waals surface area contributed by atoms with E-state index in [-0.39, 0.29) is 30.4 Å². The Balaban J connectivity index is 1.56. The van der Waals surface area contributed by atoms with Crippen molar-refractivity contribution in [3.63, 3.8) is 0 Å². The summed E-state index contributed by atoms with van der Waals surface area (Å²) in [6.45, 7) is 2.14. The highest BCUT2D eigenvalue weighted by atomic mass is 32.2. The van der Waals surface area contributed by atoms with Gasteiger partial charge in [0.2, 0.25) is 0 Å². The number of hydrogen-bond donors (Lipinski definition) is 3. The highest BCUT2D eigenvalue weighted by Gasteiger charge is 2.33. The molecular weight excluding hydrogens is 482 g/mol. The lowest BCUT2D eigenvalue weighted by atomic mass is 10.1. The van der Waals surface area contributed by atoms with Crippen molar-refractivity contribution in [3.05, 3.63) is 66.4 Å². The summed E-state index contributed by atoms with van der Waals surface area (Å²) in [6.07, 6.45) is 2.22. The number of para-hydroxylation sites is 1. The number of pyridine rings is 1. The average Bonchev–Trinajstić information content (AvgIpc) is 2.90. The van der Waals surface area contributed by atoms with E-state index in [1.165, 1.54) is 35.9 Å². The fourth-order valence-electron chi connectivity index (χ4n) is 3.53. The average molecular weight is 510 g/mol. The Morgan fingerprint density at radius 3 is 2.58 bits per heavy atom. The topological polar surface area (TPSA) is 135 Å². The molecule has 2 aromatic carbocycles. The van der Waals surface area contributed by atoms with Crippen molar-refractivity contribution >= 4 is 32.6 Å². The molecular formula is C26H27N3O6S. The van der Waals surface area contributed by atoms with E-state index in [0.717, 1.165) is 10.9 Å². The number of unbranched alkanes of at least 4 members (excludes halogenated alkanes) is 1. The van der Waals surface area contributed by atoms with Gasteiger partial charge in [-0.3, -0.25) is 19.8 Å². The number of aromatic nitrogens is 1. The molecule has 2 amide bonds. The third kappa shape index (κ3) is 6.81. The summed E-state index contributed by atoms with van der Waals surface area (Å²) in [5.41, 5.74) is 2.65. The molecule has 3 rings (SSSR count). The van der Waals surface area contributed by atoms with Gasteiger partial charge < -0.3 is 10.1 Å². The minimum Gasteiger partial charge on any atom is -0.481 e. The standard InChI is InChI=1S/C26H27N3O6S/c1-2-3-16-35-21-11-13-22(14-12-21)36(33,34)24(26(31)29-32)10-6-7-15-27-25(30)20-17-19-8-4-5-9-23(19)28-18-20/h4-5,8-9,11-14,17-18,24,32H,6-7,10,15-16H2,1H3,(H,27,30)(H,29,31). The number of fused-ring (bicyclic) bond motifs is 1. The predicted octanol–water partition coefficient (Wildman–Crippen LogP) is 2.88. The number of benzene rings is 2. The molecule has 1 aromatic heterocycles. The minimum absolute atomic E-state index is 0.0352. The van der Waals surface area contributed by atoms with Crippen molar-refractivity contribution in [2.24, 2.45) is 0 Å². The van der Waals surface area contributed by atoms with Crippen LogP contribution in [0, 0.1) is 11.8 Å². The van der Waals surface area contributed by atoms with Gasteiger partial charge >= 0.3 is 0 Å². The van der Waals surface area contributed by atoms with Crippen LogP contribution in [0.15, 0.2) is 65.7 Å². The van der Waals surface area contributed by atoms with Crippen LogP contribution in [-0.2, 0) is 14.6 Å². The molecule has 188 valence electrons. The fraction of sp³-hybridized carbons (Fsp3) is 0.269. The number of rotatable bonds is 11. The van der Waals surface area contributed by atoms with Gasteiger partial charge in [-0.15, -0.1) is 5.92 Å². The summed E-state index contributed by atoms with van der Waals surface area (Å²) in [6, 6.07) is 14.9.